The highest BCUT2D eigenvalue weighted by molar-refractivity contribution is 5.79. The van der Waals surface area contributed by atoms with Crippen molar-refractivity contribution in [2.24, 2.45) is 11.8 Å². The Balaban J connectivity index is 1.18. The second-order valence-corrected chi connectivity index (χ2v) is 9.16. The molecule has 0 spiro atoms. The van der Waals surface area contributed by atoms with Crippen molar-refractivity contribution >= 4 is 5.91 Å². The number of hydrogen-bond donors (Lipinski definition) is 1. The molecule has 1 N–H and O–H groups in total. The van der Waals surface area contributed by atoms with Crippen LogP contribution in [0.25, 0.3) is 0 Å². The molecule has 0 aromatic carbocycles. The molecule has 7 nitrogen and oxygen atoms in total. The van der Waals surface area contributed by atoms with Crippen LogP contribution in [0, 0.1) is 11.8 Å². The van der Waals surface area contributed by atoms with E-state index in [4.69, 9.17) is 9.47 Å². The molecule has 2 aliphatic heterocycles. The maximum absolute atomic E-state index is 12.5. The van der Waals surface area contributed by atoms with Gasteiger partial charge in [-0.25, -0.2) is 4.68 Å². The van der Waals surface area contributed by atoms with Crippen LogP contribution in [0.3, 0.4) is 0 Å². The monoisotopic (exact) mass is 388 g/mol. The summed E-state index contributed by atoms with van der Waals surface area (Å²) in [6, 6.07) is -0.000630. The van der Waals surface area contributed by atoms with Gasteiger partial charge in [-0.1, -0.05) is 50.2 Å². The average molecular weight is 389 g/mol. The van der Waals surface area contributed by atoms with Gasteiger partial charge in [-0.3, -0.25) is 4.79 Å². The van der Waals surface area contributed by atoms with Gasteiger partial charge in [0, 0.05) is 12.1 Å². The lowest BCUT2D eigenvalue weighted by atomic mass is 9.86. The minimum atomic E-state index is -0.0821. The predicted molar refractivity (Wildman–Crippen MR) is 103 cm³/mol. The molecule has 1 aromatic heterocycles. The van der Waals surface area contributed by atoms with E-state index >= 15 is 0 Å². The molecule has 2 saturated heterocycles. The fourth-order valence-corrected chi connectivity index (χ4v) is 5.57. The zero-order chi connectivity index (χ0) is 18.9. The minimum absolute atomic E-state index is 0.0472. The van der Waals surface area contributed by atoms with Crippen LogP contribution in [0.5, 0.6) is 0 Å². The Bertz CT molecular complexity index is 681. The summed E-state index contributed by atoms with van der Waals surface area (Å²) in [5, 5.41) is 12.0. The van der Waals surface area contributed by atoms with Crippen molar-refractivity contribution in [3.8, 4) is 0 Å². The molecule has 4 aliphatic rings. The van der Waals surface area contributed by atoms with Crippen LogP contribution in [0.2, 0.25) is 0 Å². The van der Waals surface area contributed by atoms with Gasteiger partial charge in [-0.05, 0) is 25.2 Å². The molecule has 154 valence electrons. The first-order valence-corrected chi connectivity index (χ1v) is 11.2. The van der Waals surface area contributed by atoms with Gasteiger partial charge in [0.15, 0.2) is 0 Å². The molecule has 7 heteroatoms. The molecule has 2 aliphatic carbocycles. The molecule has 4 atom stereocenters. The highest BCUT2D eigenvalue weighted by Crippen LogP contribution is 2.35. The Labute approximate surface area is 166 Å². The van der Waals surface area contributed by atoms with E-state index in [1.165, 1.54) is 44.9 Å². The summed E-state index contributed by atoms with van der Waals surface area (Å²) in [6.07, 6.45) is 14.0. The third-order valence-corrected chi connectivity index (χ3v) is 7.20. The van der Waals surface area contributed by atoms with Crippen molar-refractivity contribution in [2.75, 3.05) is 13.2 Å². The van der Waals surface area contributed by atoms with Crippen LogP contribution < -0.4 is 5.32 Å². The van der Waals surface area contributed by atoms with Gasteiger partial charge in [-0.15, -0.1) is 5.10 Å². The second-order valence-electron chi connectivity index (χ2n) is 9.16. The van der Waals surface area contributed by atoms with E-state index in [9.17, 15) is 4.79 Å². The molecular weight excluding hydrogens is 356 g/mol. The van der Waals surface area contributed by atoms with Crippen LogP contribution in [-0.4, -0.2) is 52.4 Å². The molecule has 0 radical (unpaired) electrons. The lowest BCUT2D eigenvalue weighted by Crippen LogP contribution is -2.46. The van der Waals surface area contributed by atoms with Crippen molar-refractivity contribution in [2.45, 2.75) is 88.5 Å². The van der Waals surface area contributed by atoms with Crippen molar-refractivity contribution in [3.05, 3.63) is 11.9 Å². The van der Waals surface area contributed by atoms with Crippen LogP contribution >= 0.6 is 0 Å². The van der Waals surface area contributed by atoms with E-state index < -0.39 is 0 Å². The number of rotatable bonds is 5. The van der Waals surface area contributed by atoms with Gasteiger partial charge in [-0.2, -0.15) is 0 Å². The molecule has 0 bridgehead atoms. The van der Waals surface area contributed by atoms with E-state index in [0.29, 0.717) is 13.2 Å². The molecule has 1 amide bonds. The number of carbonyl (C=O) groups excluding carboxylic acids is 1. The van der Waals surface area contributed by atoms with Crippen LogP contribution in [0.15, 0.2) is 6.20 Å². The molecular formula is C21H32N4O3. The molecule has 2 saturated carbocycles. The summed E-state index contributed by atoms with van der Waals surface area (Å²) in [7, 11) is 0. The number of nitrogens with one attached hydrogen (secondary N) is 1. The standard InChI is InChI=1S/C21H32N4O3/c26-21(15-8-4-5-9-15)22-17-12-27-20-18(13-28-19(17)20)25-11-16(23-24-25)10-14-6-2-1-3-7-14/h11,14-15,17-20H,1-10,12-13H2,(H,22,26)/t17-,18-,19+,20+/m0/s1. The minimum Gasteiger partial charge on any atom is -0.371 e. The van der Waals surface area contributed by atoms with Gasteiger partial charge in [0.1, 0.15) is 18.2 Å². The Morgan fingerprint density at radius 1 is 1.04 bits per heavy atom. The quantitative estimate of drug-likeness (QED) is 0.838. The normalized spacial score (nSPS) is 34.0. The summed E-state index contributed by atoms with van der Waals surface area (Å²) in [6.45, 7) is 1.09. The Kier molecular flexibility index (Phi) is 5.37. The number of hydrogen-bond acceptors (Lipinski definition) is 5. The van der Waals surface area contributed by atoms with Gasteiger partial charge in [0.25, 0.3) is 0 Å². The Hall–Kier alpha value is -1.47. The molecule has 5 rings (SSSR count). The van der Waals surface area contributed by atoms with E-state index in [0.717, 1.165) is 30.9 Å². The van der Waals surface area contributed by atoms with E-state index in [1.54, 1.807) is 0 Å². The fraction of sp³-hybridized carbons (Fsp3) is 0.857. The van der Waals surface area contributed by atoms with Crippen molar-refractivity contribution in [1.82, 2.24) is 20.3 Å². The van der Waals surface area contributed by atoms with Gasteiger partial charge in [0.2, 0.25) is 5.91 Å². The highest BCUT2D eigenvalue weighted by Gasteiger charge is 2.49. The number of fused-ring (bicyclic) bond motifs is 1. The van der Waals surface area contributed by atoms with Gasteiger partial charge >= 0.3 is 0 Å². The van der Waals surface area contributed by atoms with Gasteiger partial charge < -0.3 is 14.8 Å². The Morgan fingerprint density at radius 3 is 2.61 bits per heavy atom. The number of aromatic nitrogens is 3. The summed E-state index contributed by atoms with van der Waals surface area (Å²) < 4.78 is 14.0. The number of nitrogens with zero attached hydrogens (tertiary/aromatic N) is 3. The van der Waals surface area contributed by atoms with E-state index in [1.807, 2.05) is 4.68 Å². The largest absolute Gasteiger partial charge is 0.371 e. The Morgan fingerprint density at radius 2 is 1.79 bits per heavy atom. The van der Waals surface area contributed by atoms with Crippen LogP contribution in [0.1, 0.15) is 69.5 Å². The molecule has 4 fully saturated rings. The first-order valence-electron chi connectivity index (χ1n) is 11.2. The lowest BCUT2D eigenvalue weighted by Gasteiger charge is -2.20. The zero-order valence-electron chi connectivity index (χ0n) is 16.6. The third kappa shape index (κ3) is 3.71. The summed E-state index contributed by atoms with van der Waals surface area (Å²) in [5.41, 5.74) is 1.08. The predicted octanol–water partition coefficient (Wildman–Crippen LogP) is 2.41. The summed E-state index contributed by atoms with van der Waals surface area (Å²) >= 11 is 0. The van der Waals surface area contributed by atoms with Crippen LogP contribution in [-0.2, 0) is 20.7 Å². The average Bonchev–Trinajstić information content (AvgIpc) is 3.49. The maximum atomic E-state index is 12.5. The second kappa shape index (κ2) is 8.11. The number of ether oxygens (including phenoxy) is 2. The van der Waals surface area contributed by atoms with Gasteiger partial charge in [0.05, 0.1) is 24.9 Å². The molecule has 3 heterocycles. The zero-order valence-corrected chi connectivity index (χ0v) is 16.6. The molecule has 0 unspecified atom stereocenters. The number of amides is 1. The van der Waals surface area contributed by atoms with Crippen molar-refractivity contribution in [3.63, 3.8) is 0 Å². The SMILES string of the molecule is O=C(N[C@H]1CO[C@H]2[C@@H]1OC[C@@H]2n1cc(CC2CCCCC2)nn1)C1CCCC1. The first-order chi connectivity index (χ1) is 13.8. The highest BCUT2D eigenvalue weighted by atomic mass is 16.6. The first kappa shape index (κ1) is 18.6. The topological polar surface area (TPSA) is 78.3 Å². The third-order valence-electron chi connectivity index (χ3n) is 7.20. The molecule has 1 aromatic rings. The molecule has 28 heavy (non-hydrogen) atoms. The summed E-state index contributed by atoms with van der Waals surface area (Å²) in [5.74, 6) is 1.10. The lowest BCUT2D eigenvalue weighted by molar-refractivity contribution is -0.126. The summed E-state index contributed by atoms with van der Waals surface area (Å²) in [4.78, 5) is 12.5. The van der Waals surface area contributed by atoms with E-state index in [-0.39, 0.29) is 36.1 Å². The number of carbonyl (C=O) groups is 1. The van der Waals surface area contributed by atoms with Crippen molar-refractivity contribution < 1.29 is 14.3 Å². The van der Waals surface area contributed by atoms with Crippen LogP contribution in [0.4, 0.5) is 0 Å². The van der Waals surface area contributed by atoms with Crippen molar-refractivity contribution in [1.29, 1.82) is 0 Å². The smallest absolute Gasteiger partial charge is 0.223 e. The fourth-order valence-electron chi connectivity index (χ4n) is 5.57. The van der Waals surface area contributed by atoms with E-state index in [2.05, 4.69) is 21.8 Å². The maximum Gasteiger partial charge on any atom is 0.223 e.